The molecule has 1 aliphatic rings. The van der Waals surface area contributed by atoms with Gasteiger partial charge in [0.25, 0.3) is 11.7 Å². The zero-order valence-corrected chi connectivity index (χ0v) is 21.2. The van der Waals surface area contributed by atoms with E-state index >= 15 is 0 Å². The van der Waals surface area contributed by atoms with Crippen molar-refractivity contribution in [1.82, 2.24) is 0 Å². The molecule has 1 unspecified atom stereocenters. The summed E-state index contributed by atoms with van der Waals surface area (Å²) < 4.78 is 15.6. The summed E-state index contributed by atoms with van der Waals surface area (Å²) >= 11 is 0. The van der Waals surface area contributed by atoms with Crippen LogP contribution < -0.4 is 14.4 Å². The molecule has 1 N–H and O–H groups in total. The van der Waals surface area contributed by atoms with Crippen molar-refractivity contribution >= 4 is 29.1 Å². The van der Waals surface area contributed by atoms with E-state index in [1.54, 1.807) is 68.6 Å². The number of hydrogen-bond acceptors (Lipinski definition) is 7. The molecule has 1 amide bonds. The first-order valence-electron chi connectivity index (χ1n) is 11.5. The molecule has 0 aliphatic carbocycles. The Morgan fingerprint density at radius 1 is 0.892 bits per heavy atom. The molecule has 190 valence electrons. The highest BCUT2D eigenvalue weighted by Gasteiger charge is 2.47. The topological polar surface area (TPSA) is 102 Å². The number of carbonyl (C=O) groups is 3. The molecule has 37 heavy (non-hydrogen) atoms. The highest BCUT2D eigenvalue weighted by atomic mass is 16.5. The number of aliphatic hydroxyl groups is 1. The molecule has 4 rings (SSSR count). The normalized spacial score (nSPS) is 16.6. The lowest BCUT2D eigenvalue weighted by Gasteiger charge is -2.26. The molecule has 0 aromatic heterocycles. The van der Waals surface area contributed by atoms with Crippen LogP contribution in [-0.4, -0.2) is 44.1 Å². The molecular formula is C29H27NO7. The van der Waals surface area contributed by atoms with Crippen molar-refractivity contribution in [2.24, 2.45) is 0 Å². The van der Waals surface area contributed by atoms with E-state index in [4.69, 9.17) is 14.2 Å². The molecule has 1 heterocycles. The lowest BCUT2D eigenvalue weighted by atomic mass is 9.92. The molecule has 0 bridgehead atoms. The summed E-state index contributed by atoms with van der Waals surface area (Å²) in [5.41, 5.74) is 2.83. The molecule has 1 atom stereocenters. The number of aryl methyl sites for hydroxylation is 2. The number of benzene rings is 3. The molecule has 1 aliphatic heterocycles. The number of rotatable bonds is 6. The van der Waals surface area contributed by atoms with E-state index in [0.717, 1.165) is 5.56 Å². The predicted molar refractivity (Wildman–Crippen MR) is 138 cm³/mol. The summed E-state index contributed by atoms with van der Waals surface area (Å²) in [4.78, 5) is 40.4. The van der Waals surface area contributed by atoms with Gasteiger partial charge in [-0.05, 0) is 73.0 Å². The molecule has 8 heteroatoms. The van der Waals surface area contributed by atoms with Crippen LogP contribution in [0.25, 0.3) is 5.76 Å². The quantitative estimate of drug-likeness (QED) is 0.225. The minimum atomic E-state index is -0.982. The molecular weight excluding hydrogens is 474 g/mol. The maximum absolute atomic E-state index is 13.5. The molecule has 1 fully saturated rings. The van der Waals surface area contributed by atoms with E-state index in [0.29, 0.717) is 33.9 Å². The van der Waals surface area contributed by atoms with Crippen LogP contribution in [0.5, 0.6) is 11.5 Å². The lowest BCUT2D eigenvalue weighted by molar-refractivity contribution is -0.132. The van der Waals surface area contributed by atoms with Gasteiger partial charge in [-0.25, -0.2) is 4.79 Å². The fourth-order valence-corrected chi connectivity index (χ4v) is 4.54. The van der Waals surface area contributed by atoms with Gasteiger partial charge >= 0.3 is 5.97 Å². The Morgan fingerprint density at radius 2 is 1.62 bits per heavy atom. The molecule has 0 saturated carbocycles. The third-order valence-electron chi connectivity index (χ3n) is 6.40. The Kier molecular flexibility index (Phi) is 7.02. The van der Waals surface area contributed by atoms with Gasteiger partial charge in [-0.2, -0.15) is 0 Å². The van der Waals surface area contributed by atoms with Crippen LogP contribution in [0.15, 0.2) is 66.2 Å². The molecule has 0 spiro atoms. The molecule has 0 radical (unpaired) electrons. The molecule has 3 aromatic rings. The highest BCUT2D eigenvalue weighted by molar-refractivity contribution is 6.51. The first kappa shape index (κ1) is 25.5. The molecule has 3 aromatic carbocycles. The highest BCUT2D eigenvalue weighted by Crippen LogP contribution is 2.43. The number of nitrogens with zero attached hydrogens (tertiary/aromatic N) is 1. The van der Waals surface area contributed by atoms with Gasteiger partial charge in [0.05, 0.1) is 38.5 Å². The molecule has 1 saturated heterocycles. The standard InChI is InChI=1S/C29H27NO7/c1-16-13-23(36-4)17(2)12-22(16)26(31)24-25(18-8-7-11-21(15-18)35-3)30(28(33)27(24)32)20-10-6-9-19(14-20)29(34)37-5/h6-15,25,31H,1-5H3/b26-24+. The number of aliphatic hydroxyl groups excluding tert-OH is 1. The zero-order chi connectivity index (χ0) is 26.9. The average molecular weight is 502 g/mol. The van der Waals surface area contributed by atoms with Gasteiger partial charge < -0.3 is 19.3 Å². The fraction of sp³-hybridized carbons (Fsp3) is 0.207. The second-order valence-electron chi connectivity index (χ2n) is 8.62. The smallest absolute Gasteiger partial charge is 0.337 e. The second kappa shape index (κ2) is 10.2. The Hall–Kier alpha value is -4.59. The minimum Gasteiger partial charge on any atom is -0.507 e. The Balaban J connectivity index is 1.98. The van der Waals surface area contributed by atoms with Crippen LogP contribution in [0.1, 0.15) is 38.7 Å². The van der Waals surface area contributed by atoms with Crippen molar-refractivity contribution in [2.45, 2.75) is 19.9 Å². The SMILES string of the molecule is COC(=O)c1cccc(N2C(=O)C(=O)/C(=C(/O)c3cc(C)c(OC)cc3C)C2c2cccc(OC)c2)c1. The lowest BCUT2D eigenvalue weighted by Crippen LogP contribution is -2.29. The number of ether oxygens (including phenoxy) is 3. The Bertz CT molecular complexity index is 1440. The monoisotopic (exact) mass is 501 g/mol. The number of ketones is 1. The van der Waals surface area contributed by atoms with Crippen LogP contribution >= 0.6 is 0 Å². The van der Waals surface area contributed by atoms with E-state index in [-0.39, 0.29) is 16.9 Å². The number of esters is 1. The Morgan fingerprint density at radius 3 is 2.30 bits per heavy atom. The zero-order valence-electron chi connectivity index (χ0n) is 21.2. The average Bonchev–Trinajstić information content (AvgIpc) is 3.19. The number of Topliss-reactive ketones (excluding diaryl/α,β-unsaturated/α-hetero) is 1. The van der Waals surface area contributed by atoms with Gasteiger partial charge in [0.15, 0.2) is 0 Å². The van der Waals surface area contributed by atoms with E-state index in [1.807, 2.05) is 6.92 Å². The van der Waals surface area contributed by atoms with Crippen LogP contribution in [0, 0.1) is 13.8 Å². The summed E-state index contributed by atoms with van der Waals surface area (Å²) in [6, 6.07) is 15.7. The van der Waals surface area contributed by atoms with Gasteiger partial charge in [0.1, 0.15) is 17.3 Å². The van der Waals surface area contributed by atoms with Crippen LogP contribution in [-0.2, 0) is 14.3 Å². The van der Waals surface area contributed by atoms with Gasteiger partial charge in [-0.1, -0.05) is 18.2 Å². The van der Waals surface area contributed by atoms with E-state index in [2.05, 4.69) is 0 Å². The van der Waals surface area contributed by atoms with Crippen molar-refractivity contribution in [1.29, 1.82) is 0 Å². The van der Waals surface area contributed by atoms with E-state index in [9.17, 15) is 19.5 Å². The minimum absolute atomic E-state index is 0.0746. The number of carbonyl (C=O) groups excluding carboxylic acids is 3. The maximum atomic E-state index is 13.5. The number of amides is 1. The fourth-order valence-electron chi connectivity index (χ4n) is 4.54. The first-order valence-corrected chi connectivity index (χ1v) is 11.5. The number of methoxy groups -OCH3 is 3. The Labute approximate surface area is 214 Å². The van der Waals surface area contributed by atoms with Crippen LogP contribution in [0.3, 0.4) is 0 Å². The van der Waals surface area contributed by atoms with Crippen molar-refractivity contribution < 1.29 is 33.7 Å². The summed E-state index contributed by atoms with van der Waals surface area (Å²) in [5.74, 6) is -1.41. The van der Waals surface area contributed by atoms with Crippen molar-refractivity contribution in [3.05, 3.63) is 94.1 Å². The van der Waals surface area contributed by atoms with Gasteiger partial charge in [0.2, 0.25) is 0 Å². The first-order chi connectivity index (χ1) is 17.7. The van der Waals surface area contributed by atoms with Crippen molar-refractivity contribution in [3.63, 3.8) is 0 Å². The number of hydrogen-bond donors (Lipinski definition) is 1. The second-order valence-corrected chi connectivity index (χ2v) is 8.62. The predicted octanol–water partition coefficient (Wildman–Crippen LogP) is 4.73. The summed E-state index contributed by atoms with van der Waals surface area (Å²) in [5, 5.41) is 11.5. The van der Waals surface area contributed by atoms with Crippen LogP contribution in [0.4, 0.5) is 5.69 Å². The third-order valence-corrected chi connectivity index (χ3v) is 6.40. The largest absolute Gasteiger partial charge is 0.507 e. The summed E-state index contributed by atoms with van der Waals surface area (Å²) in [6.07, 6.45) is 0. The number of anilines is 1. The van der Waals surface area contributed by atoms with Crippen molar-refractivity contribution in [3.8, 4) is 11.5 Å². The summed E-state index contributed by atoms with van der Waals surface area (Å²) in [6.45, 7) is 3.61. The van der Waals surface area contributed by atoms with Gasteiger partial charge in [0, 0.05) is 11.3 Å². The third kappa shape index (κ3) is 4.53. The van der Waals surface area contributed by atoms with Gasteiger partial charge in [-0.3, -0.25) is 14.5 Å². The van der Waals surface area contributed by atoms with Crippen LogP contribution in [0.2, 0.25) is 0 Å². The maximum Gasteiger partial charge on any atom is 0.337 e. The summed E-state index contributed by atoms with van der Waals surface area (Å²) in [7, 11) is 4.33. The van der Waals surface area contributed by atoms with Gasteiger partial charge in [-0.15, -0.1) is 0 Å². The van der Waals surface area contributed by atoms with E-state index < -0.39 is 23.7 Å². The molecule has 8 nitrogen and oxygen atoms in total. The van der Waals surface area contributed by atoms with E-state index in [1.165, 1.54) is 25.2 Å². The van der Waals surface area contributed by atoms with Crippen molar-refractivity contribution in [2.75, 3.05) is 26.2 Å².